The highest BCUT2D eigenvalue weighted by molar-refractivity contribution is 9.10. The van der Waals surface area contributed by atoms with Crippen molar-refractivity contribution in [2.75, 3.05) is 10.6 Å². The monoisotopic (exact) mass is 408 g/mol. The maximum atomic E-state index is 12.7. The number of benzene rings is 2. The van der Waals surface area contributed by atoms with E-state index in [-0.39, 0.29) is 11.7 Å². The SMILES string of the molecule is O=C1Nc2ccc(Br)cc2/C1=C(/Nc1cccnn1)c1cccc(O)c1. The molecule has 3 N–H and O–H groups in total. The van der Waals surface area contributed by atoms with Crippen LogP contribution in [0.5, 0.6) is 5.75 Å². The topological polar surface area (TPSA) is 87.1 Å². The van der Waals surface area contributed by atoms with Crippen LogP contribution in [0.3, 0.4) is 0 Å². The van der Waals surface area contributed by atoms with Gasteiger partial charge in [0.25, 0.3) is 5.91 Å². The zero-order chi connectivity index (χ0) is 18.1. The Balaban J connectivity index is 1.94. The lowest BCUT2D eigenvalue weighted by molar-refractivity contribution is -0.110. The predicted octanol–water partition coefficient (Wildman–Crippen LogP) is 3.88. The van der Waals surface area contributed by atoms with Gasteiger partial charge in [-0.2, -0.15) is 5.10 Å². The van der Waals surface area contributed by atoms with Crippen LogP contribution < -0.4 is 10.6 Å². The molecule has 7 heteroatoms. The standard InChI is InChI=1S/C19H13BrN4O2/c20-12-6-7-15-14(10-12)17(19(26)22-15)18(11-3-1-4-13(25)9-11)23-16-5-2-8-21-24-16/h1-10,25H,(H,22,26)(H,23,24)/b18-17-. The van der Waals surface area contributed by atoms with Crippen molar-refractivity contribution >= 4 is 44.6 Å². The van der Waals surface area contributed by atoms with Crippen LogP contribution in [0.2, 0.25) is 0 Å². The van der Waals surface area contributed by atoms with E-state index >= 15 is 0 Å². The molecule has 0 fully saturated rings. The van der Waals surface area contributed by atoms with Crippen molar-refractivity contribution in [3.8, 4) is 5.75 Å². The van der Waals surface area contributed by atoms with Gasteiger partial charge in [0.2, 0.25) is 0 Å². The molecular weight excluding hydrogens is 396 g/mol. The molecular formula is C19H13BrN4O2. The van der Waals surface area contributed by atoms with Crippen LogP contribution in [-0.2, 0) is 4.79 Å². The van der Waals surface area contributed by atoms with Gasteiger partial charge in [-0.1, -0.05) is 28.1 Å². The van der Waals surface area contributed by atoms with Gasteiger partial charge in [0.05, 0.1) is 11.3 Å². The van der Waals surface area contributed by atoms with E-state index in [4.69, 9.17) is 0 Å². The summed E-state index contributed by atoms with van der Waals surface area (Å²) in [7, 11) is 0. The first-order valence-electron chi connectivity index (χ1n) is 7.81. The highest BCUT2D eigenvalue weighted by Crippen LogP contribution is 2.39. The number of rotatable bonds is 3. The number of nitrogens with one attached hydrogen (secondary N) is 2. The average molecular weight is 409 g/mol. The fourth-order valence-electron chi connectivity index (χ4n) is 2.82. The second-order valence-corrected chi connectivity index (χ2v) is 6.59. The summed E-state index contributed by atoms with van der Waals surface area (Å²) in [5.74, 6) is 0.372. The molecule has 2 heterocycles. The van der Waals surface area contributed by atoms with E-state index in [2.05, 4.69) is 36.8 Å². The molecule has 6 nitrogen and oxygen atoms in total. The minimum absolute atomic E-state index is 0.106. The fraction of sp³-hybridized carbons (Fsp3) is 0. The number of fused-ring (bicyclic) bond motifs is 1. The lowest BCUT2D eigenvalue weighted by Gasteiger charge is -2.14. The molecule has 0 aliphatic carbocycles. The maximum Gasteiger partial charge on any atom is 0.258 e. The predicted molar refractivity (Wildman–Crippen MR) is 103 cm³/mol. The summed E-state index contributed by atoms with van der Waals surface area (Å²) in [6.45, 7) is 0. The second-order valence-electron chi connectivity index (χ2n) is 5.68. The minimum atomic E-state index is -0.229. The summed E-state index contributed by atoms with van der Waals surface area (Å²) in [5.41, 5.74) is 3.16. The lowest BCUT2D eigenvalue weighted by atomic mass is 10.00. The van der Waals surface area contributed by atoms with Gasteiger partial charge in [-0.25, -0.2) is 0 Å². The van der Waals surface area contributed by atoms with Gasteiger partial charge >= 0.3 is 0 Å². The third-order valence-electron chi connectivity index (χ3n) is 3.94. The van der Waals surface area contributed by atoms with Crippen LogP contribution in [0.4, 0.5) is 11.5 Å². The number of aromatic hydroxyl groups is 1. The number of amides is 1. The molecule has 1 aliphatic heterocycles. The van der Waals surface area contributed by atoms with Crippen LogP contribution in [0.1, 0.15) is 11.1 Å². The van der Waals surface area contributed by atoms with Crippen molar-refractivity contribution in [3.63, 3.8) is 0 Å². The van der Waals surface area contributed by atoms with E-state index in [0.29, 0.717) is 22.7 Å². The molecule has 1 aliphatic rings. The first-order chi connectivity index (χ1) is 12.6. The molecule has 0 saturated heterocycles. The third-order valence-corrected chi connectivity index (χ3v) is 4.43. The maximum absolute atomic E-state index is 12.7. The van der Waals surface area contributed by atoms with E-state index in [1.165, 1.54) is 0 Å². The number of phenols is 1. The molecule has 3 aromatic rings. The molecule has 26 heavy (non-hydrogen) atoms. The summed E-state index contributed by atoms with van der Waals surface area (Å²) in [6.07, 6.45) is 1.57. The molecule has 128 valence electrons. The first kappa shape index (κ1) is 16.3. The Kier molecular flexibility index (Phi) is 4.14. The van der Waals surface area contributed by atoms with Crippen LogP contribution in [0, 0.1) is 0 Å². The summed E-state index contributed by atoms with van der Waals surface area (Å²) >= 11 is 3.45. The van der Waals surface area contributed by atoms with E-state index in [0.717, 1.165) is 15.7 Å². The van der Waals surface area contributed by atoms with Crippen LogP contribution in [0.25, 0.3) is 11.3 Å². The van der Waals surface area contributed by atoms with Gasteiger partial charge in [0.15, 0.2) is 5.82 Å². The first-order valence-corrected chi connectivity index (χ1v) is 8.61. The summed E-state index contributed by atoms with van der Waals surface area (Å²) in [6, 6.07) is 15.8. The zero-order valence-corrected chi connectivity index (χ0v) is 15.0. The minimum Gasteiger partial charge on any atom is -0.508 e. The lowest BCUT2D eigenvalue weighted by Crippen LogP contribution is -2.10. The number of hydrogen-bond donors (Lipinski definition) is 3. The zero-order valence-electron chi connectivity index (χ0n) is 13.4. The van der Waals surface area contributed by atoms with Gasteiger partial charge in [-0.3, -0.25) is 4.79 Å². The Hall–Kier alpha value is -3.19. The number of carbonyl (C=O) groups excluding carboxylic acids is 1. The van der Waals surface area contributed by atoms with Crippen molar-refractivity contribution in [2.24, 2.45) is 0 Å². The highest BCUT2D eigenvalue weighted by atomic mass is 79.9. The normalized spacial score (nSPS) is 14.6. The van der Waals surface area contributed by atoms with Crippen LogP contribution in [0.15, 0.2) is 65.3 Å². The van der Waals surface area contributed by atoms with Gasteiger partial charge in [0.1, 0.15) is 5.75 Å². The van der Waals surface area contributed by atoms with Crippen LogP contribution in [-0.4, -0.2) is 21.2 Å². The van der Waals surface area contributed by atoms with Gasteiger partial charge in [-0.05, 0) is 42.5 Å². The smallest absolute Gasteiger partial charge is 0.258 e. The quantitative estimate of drug-likeness (QED) is 0.572. The number of halogens is 1. The van der Waals surface area contributed by atoms with E-state index in [1.807, 2.05) is 24.3 Å². The van der Waals surface area contributed by atoms with Crippen LogP contribution >= 0.6 is 15.9 Å². The number of hydrogen-bond acceptors (Lipinski definition) is 5. The summed E-state index contributed by atoms with van der Waals surface area (Å²) in [5, 5.41) is 23.8. The van der Waals surface area contributed by atoms with Crippen molar-refractivity contribution in [3.05, 3.63) is 76.4 Å². The number of carbonyl (C=O) groups is 1. The Morgan fingerprint density at radius 1 is 1.12 bits per heavy atom. The molecule has 4 rings (SSSR count). The summed E-state index contributed by atoms with van der Waals surface area (Å²) < 4.78 is 0.861. The fourth-order valence-corrected chi connectivity index (χ4v) is 3.19. The van der Waals surface area contributed by atoms with Gasteiger partial charge in [-0.15, -0.1) is 5.10 Å². The number of aromatic nitrogens is 2. The summed E-state index contributed by atoms with van der Waals surface area (Å²) in [4.78, 5) is 12.7. The average Bonchev–Trinajstić information content (AvgIpc) is 2.95. The Morgan fingerprint density at radius 3 is 2.77 bits per heavy atom. The molecule has 0 saturated carbocycles. The van der Waals surface area contributed by atoms with Crippen molar-refractivity contribution < 1.29 is 9.90 Å². The highest BCUT2D eigenvalue weighted by Gasteiger charge is 2.28. The van der Waals surface area contributed by atoms with E-state index < -0.39 is 0 Å². The largest absolute Gasteiger partial charge is 0.508 e. The Morgan fingerprint density at radius 2 is 2.00 bits per heavy atom. The van der Waals surface area contributed by atoms with E-state index in [1.54, 1.807) is 36.5 Å². The molecule has 0 radical (unpaired) electrons. The number of phenolic OH excluding ortho intramolecular Hbond substituents is 1. The van der Waals surface area contributed by atoms with E-state index in [9.17, 15) is 9.90 Å². The molecule has 1 amide bonds. The Labute approximate surface area is 157 Å². The molecule has 0 spiro atoms. The van der Waals surface area contributed by atoms with Gasteiger partial charge < -0.3 is 15.7 Å². The molecule has 0 unspecified atom stereocenters. The number of nitrogens with zero attached hydrogens (tertiary/aromatic N) is 2. The Bertz CT molecular complexity index is 1030. The van der Waals surface area contributed by atoms with Crippen molar-refractivity contribution in [2.45, 2.75) is 0 Å². The third kappa shape index (κ3) is 3.04. The molecule has 2 aromatic carbocycles. The molecule has 0 atom stereocenters. The molecule has 1 aromatic heterocycles. The number of anilines is 2. The molecule has 0 bridgehead atoms. The van der Waals surface area contributed by atoms with Gasteiger partial charge in [0, 0.05) is 27.5 Å². The second kappa shape index (κ2) is 6.61. The van der Waals surface area contributed by atoms with Crippen molar-refractivity contribution in [1.82, 2.24) is 10.2 Å². The van der Waals surface area contributed by atoms with Crippen molar-refractivity contribution in [1.29, 1.82) is 0 Å².